The fourth-order valence-corrected chi connectivity index (χ4v) is 2.56. The first-order chi connectivity index (χ1) is 13.0. The highest BCUT2D eigenvalue weighted by Gasteiger charge is 2.31. The zero-order valence-electron chi connectivity index (χ0n) is 17.2. The molecule has 162 valence electrons. The number of hydrogen-bond acceptors (Lipinski definition) is 6. The van der Waals surface area contributed by atoms with E-state index < -0.39 is 41.8 Å². The molecule has 0 aromatic heterocycles. The van der Waals surface area contributed by atoms with Gasteiger partial charge in [-0.05, 0) is 37.6 Å². The lowest BCUT2D eigenvalue weighted by Crippen LogP contribution is -2.57. The summed E-state index contributed by atoms with van der Waals surface area (Å²) in [5.74, 6) is -3.30. The van der Waals surface area contributed by atoms with Crippen molar-refractivity contribution in [1.29, 1.82) is 0 Å². The van der Waals surface area contributed by atoms with Gasteiger partial charge in [-0.2, -0.15) is 0 Å². The molecule has 0 aromatic rings. The van der Waals surface area contributed by atoms with Crippen LogP contribution in [0.4, 0.5) is 0 Å². The molecule has 0 bridgehead atoms. The molecule has 0 aromatic carbocycles. The molecule has 8 N–H and O–H groups in total. The maximum Gasteiger partial charge on any atom is 0.326 e. The normalized spacial score (nSPS) is 14.3. The van der Waals surface area contributed by atoms with Crippen LogP contribution in [0.3, 0.4) is 0 Å². The van der Waals surface area contributed by atoms with Gasteiger partial charge in [0.1, 0.15) is 18.1 Å². The van der Waals surface area contributed by atoms with Crippen LogP contribution in [0, 0.1) is 11.8 Å². The Morgan fingerprint density at radius 2 is 1.39 bits per heavy atom. The molecule has 10 heteroatoms. The predicted molar refractivity (Wildman–Crippen MR) is 105 cm³/mol. The van der Waals surface area contributed by atoms with E-state index in [1.807, 2.05) is 0 Å². The van der Waals surface area contributed by atoms with Crippen LogP contribution in [0.25, 0.3) is 0 Å². The van der Waals surface area contributed by atoms with Crippen molar-refractivity contribution in [3.05, 3.63) is 0 Å². The van der Waals surface area contributed by atoms with Crippen LogP contribution < -0.4 is 27.4 Å². The van der Waals surface area contributed by atoms with Crippen LogP contribution in [-0.2, 0) is 19.2 Å². The van der Waals surface area contributed by atoms with E-state index in [-0.39, 0.29) is 18.4 Å². The minimum atomic E-state index is -1.15. The number of hydrogen-bond donors (Lipinski definition) is 6. The van der Waals surface area contributed by atoms with Crippen LogP contribution in [-0.4, -0.2) is 60.0 Å². The predicted octanol–water partition coefficient (Wildman–Crippen LogP) is -1.07. The van der Waals surface area contributed by atoms with Crippen molar-refractivity contribution in [1.82, 2.24) is 16.0 Å². The molecular formula is C18H35N5O5. The van der Waals surface area contributed by atoms with Crippen LogP contribution in [0.2, 0.25) is 0 Å². The Morgan fingerprint density at radius 1 is 0.821 bits per heavy atom. The summed E-state index contributed by atoms with van der Waals surface area (Å²) in [6, 6.07) is -2.86. The van der Waals surface area contributed by atoms with Crippen LogP contribution in [0.5, 0.6) is 0 Å². The summed E-state index contributed by atoms with van der Waals surface area (Å²) >= 11 is 0. The molecule has 3 atom stereocenters. The number of nitrogens with one attached hydrogen (secondary N) is 3. The molecule has 0 saturated heterocycles. The molecule has 0 aliphatic carbocycles. The smallest absolute Gasteiger partial charge is 0.326 e. The molecule has 0 aliphatic heterocycles. The van der Waals surface area contributed by atoms with Crippen LogP contribution >= 0.6 is 0 Å². The molecule has 0 fully saturated rings. The minimum absolute atomic E-state index is 0.231. The number of rotatable bonds is 13. The SMILES string of the molecule is CC(C)C(NC(=O)C(CCCCN)NC(=O)C(NC(=O)CN)C(C)C)C(=O)O. The molecule has 10 nitrogen and oxygen atoms in total. The molecule has 0 heterocycles. The van der Waals surface area contributed by atoms with Gasteiger partial charge in [0, 0.05) is 0 Å². The van der Waals surface area contributed by atoms with E-state index in [0.717, 1.165) is 0 Å². The second-order valence-corrected chi connectivity index (χ2v) is 7.41. The molecule has 0 spiro atoms. The summed E-state index contributed by atoms with van der Waals surface area (Å²) < 4.78 is 0. The monoisotopic (exact) mass is 401 g/mol. The van der Waals surface area contributed by atoms with Gasteiger partial charge in [0.25, 0.3) is 0 Å². The maximum atomic E-state index is 12.6. The Balaban J connectivity index is 5.30. The maximum absolute atomic E-state index is 12.6. The van der Waals surface area contributed by atoms with Gasteiger partial charge in [0.2, 0.25) is 17.7 Å². The summed E-state index contributed by atoms with van der Waals surface area (Å²) in [6.45, 7) is 7.04. The fourth-order valence-electron chi connectivity index (χ4n) is 2.56. The zero-order valence-corrected chi connectivity index (χ0v) is 17.2. The largest absolute Gasteiger partial charge is 0.480 e. The van der Waals surface area contributed by atoms with E-state index >= 15 is 0 Å². The van der Waals surface area contributed by atoms with Crippen molar-refractivity contribution in [3.8, 4) is 0 Å². The third-order valence-electron chi connectivity index (χ3n) is 4.26. The molecule has 3 amide bonds. The number of carbonyl (C=O) groups is 4. The average Bonchev–Trinajstić information content (AvgIpc) is 2.61. The van der Waals surface area contributed by atoms with E-state index in [9.17, 15) is 24.3 Å². The van der Waals surface area contributed by atoms with Crippen LogP contribution in [0.15, 0.2) is 0 Å². The van der Waals surface area contributed by atoms with E-state index in [4.69, 9.17) is 11.5 Å². The average molecular weight is 402 g/mol. The first-order valence-corrected chi connectivity index (χ1v) is 9.58. The number of aliphatic carboxylic acids is 1. The van der Waals surface area contributed by atoms with Crippen LogP contribution in [0.1, 0.15) is 47.0 Å². The Hall–Kier alpha value is -2.20. The second-order valence-electron chi connectivity index (χ2n) is 7.41. The molecular weight excluding hydrogens is 366 g/mol. The van der Waals surface area contributed by atoms with E-state index in [1.54, 1.807) is 27.7 Å². The quantitative estimate of drug-likeness (QED) is 0.213. The highest BCUT2D eigenvalue weighted by Crippen LogP contribution is 2.08. The van der Waals surface area contributed by atoms with Crippen molar-refractivity contribution in [2.24, 2.45) is 23.3 Å². The molecule has 0 saturated carbocycles. The number of carboxylic acids is 1. The van der Waals surface area contributed by atoms with Crippen molar-refractivity contribution in [2.45, 2.75) is 65.1 Å². The molecule has 0 rings (SSSR count). The van der Waals surface area contributed by atoms with Gasteiger partial charge in [-0.1, -0.05) is 27.7 Å². The third-order valence-corrected chi connectivity index (χ3v) is 4.26. The lowest BCUT2D eigenvalue weighted by molar-refractivity contribution is -0.143. The molecule has 3 unspecified atom stereocenters. The summed E-state index contributed by atoms with van der Waals surface area (Å²) in [6.07, 6.45) is 1.54. The van der Waals surface area contributed by atoms with E-state index in [1.165, 1.54) is 0 Å². The van der Waals surface area contributed by atoms with Gasteiger partial charge in [0.05, 0.1) is 6.54 Å². The second kappa shape index (κ2) is 13.1. The van der Waals surface area contributed by atoms with E-state index in [0.29, 0.717) is 25.8 Å². The zero-order chi connectivity index (χ0) is 21.9. The Kier molecular flexibility index (Phi) is 12.0. The number of unbranched alkanes of at least 4 members (excludes halogenated alkanes) is 1. The number of carbonyl (C=O) groups excluding carboxylic acids is 3. The van der Waals surface area contributed by atoms with Gasteiger partial charge in [-0.15, -0.1) is 0 Å². The Morgan fingerprint density at radius 3 is 1.82 bits per heavy atom. The third kappa shape index (κ3) is 9.14. The summed E-state index contributed by atoms with van der Waals surface area (Å²) in [5.41, 5.74) is 10.8. The number of carboxylic acid groups (broad SMARTS) is 1. The van der Waals surface area contributed by atoms with Crippen molar-refractivity contribution >= 4 is 23.7 Å². The molecule has 0 aliphatic rings. The van der Waals surface area contributed by atoms with Gasteiger partial charge in [-0.3, -0.25) is 14.4 Å². The van der Waals surface area contributed by atoms with Crippen molar-refractivity contribution in [3.63, 3.8) is 0 Å². The van der Waals surface area contributed by atoms with Gasteiger partial charge in [0.15, 0.2) is 0 Å². The highest BCUT2D eigenvalue weighted by molar-refractivity contribution is 5.93. The topological polar surface area (TPSA) is 177 Å². The summed E-state index contributed by atoms with van der Waals surface area (Å²) in [7, 11) is 0. The van der Waals surface area contributed by atoms with Gasteiger partial charge in [-0.25, -0.2) is 4.79 Å². The first kappa shape index (κ1) is 25.8. The number of amides is 3. The Labute approximate surface area is 166 Å². The van der Waals surface area contributed by atoms with Gasteiger partial charge < -0.3 is 32.5 Å². The standard InChI is InChI=1S/C18H35N5O5/c1-10(2)14(22-13(24)9-20)17(26)21-12(7-5-6-8-19)16(25)23-15(11(3)4)18(27)28/h10-12,14-15H,5-9,19-20H2,1-4H3,(H,21,26)(H,22,24)(H,23,25)(H,27,28). The summed E-state index contributed by atoms with van der Waals surface area (Å²) in [4.78, 5) is 48.2. The Bertz CT molecular complexity index is 538. The summed E-state index contributed by atoms with van der Waals surface area (Å²) in [5, 5.41) is 16.9. The molecule has 28 heavy (non-hydrogen) atoms. The highest BCUT2D eigenvalue weighted by atomic mass is 16.4. The fraction of sp³-hybridized carbons (Fsp3) is 0.778. The van der Waals surface area contributed by atoms with Gasteiger partial charge >= 0.3 is 5.97 Å². The number of nitrogens with two attached hydrogens (primary N) is 2. The molecule has 0 radical (unpaired) electrons. The minimum Gasteiger partial charge on any atom is -0.480 e. The van der Waals surface area contributed by atoms with E-state index in [2.05, 4.69) is 16.0 Å². The lowest BCUT2D eigenvalue weighted by atomic mass is 10.0. The van der Waals surface area contributed by atoms with Crippen molar-refractivity contribution < 1.29 is 24.3 Å². The first-order valence-electron chi connectivity index (χ1n) is 9.58. The van der Waals surface area contributed by atoms with Crippen molar-refractivity contribution in [2.75, 3.05) is 13.1 Å². The lowest BCUT2D eigenvalue weighted by Gasteiger charge is -2.26.